The Morgan fingerprint density at radius 2 is 1.64 bits per heavy atom. The molecule has 0 aliphatic heterocycles. The average molecular weight is 317 g/mol. The molecule has 0 aliphatic carbocycles. The maximum absolute atomic E-state index is 13.0. The SMILES string of the molecule is CS(=O)(=O)c1ccc(-c2nncn2-c2ccc(F)cc2)cc1. The lowest BCUT2D eigenvalue weighted by molar-refractivity contribution is 0.602. The number of hydrogen-bond acceptors (Lipinski definition) is 4. The van der Waals surface area contributed by atoms with Crippen molar-refractivity contribution in [1.29, 1.82) is 0 Å². The number of rotatable bonds is 3. The van der Waals surface area contributed by atoms with E-state index in [0.717, 1.165) is 6.26 Å². The summed E-state index contributed by atoms with van der Waals surface area (Å²) in [5.41, 5.74) is 1.43. The first kappa shape index (κ1) is 14.4. The monoisotopic (exact) mass is 317 g/mol. The Balaban J connectivity index is 2.03. The number of hydrogen-bond donors (Lipinski definition) is 0. The Kier molecular flexibility index (Phi) is 3.50. The highest BCUT2D eigenvalue weighted by atomic mass is 32.2. The molecule has 1 heterocycles. The maximum atomic E-state index is 13.0. The van der Waals surface area contributed by atoms with E-state index >= 15 is 0 Å². The first-order chi connectivity index (χ1) is 10.4. The van der Waals surface area contributed by atoms with Crippen LogP contribution in [0.5, 0.6) is 0 Å². The van der Waals surface area contributed by atoms with Gasteiger partial charge in [0.25, 0.3) is 0 Å². The fourth-order valence-electron chi connectivity index (χ4n) is 2.07. The number of sulfone groups is 1. The number of halogens is 1. The second-order valence-electron chi connectivity index (χ2n) is 4.80. The van der Waals surface area contributed by atoms with E-state index in [-0.39, 0.29) is 10.7 Å². The molecule has 0 unspecified atom stereocenters. The van der Waals surface area contributed by atoms with Gasteiger partial charge in [0.2, 0.25) is 0 Å². The van der Waals surface area contributed by atoms with Crippen molar-refractivity contribution >= 4 is 9.84 Å². The zero-order chi connectivity index (χ0) is 15.7. The van der Waals surface area contributed by atoms with Crippen molar-refractivity contribution in [1.82, 2.24) is 14.8 Å². The molecule has 3 rings (SSSR count). The zero-order valence-electron chi connectivity index (χ0n) is 11.6. The van der Waals surface area contributed by atoms with Gasteiger partial charge < -0.3 is 0 Å². The highest BCUT2D eigenvalue weighted by molar-refractivity contribution is 7.90. The molecule has 0 fully saturated rings. The summed E-state index contributed by atoms with van der Waals surface area (Å²) in [6, 6.07) is 12.3. The maximum Gasteiger partial charge on any atom is 0.175 e. The summed E-state index contributed by atoms with van der Waals surface area (Å²) in [6.45, 7) is 0. The summed E-state index contributed by atoms with van der Waals surface area (Å²) in [4.78, 5) is 0.240. The minimum Gasteiger partial charge on any atom is -0.282 e. The lowest BCUT2D eigenvalue weighted by Gasteiger charge is -2.07. The molecule has 112 valence electrons. The van der Waals surface area contributed by atoms with E-state index in [9.17, 15) is 12.8 Å². The van der Waals surface area contributed by atoms with Crippen molar-refractivity contribution < 1.29 is 12.8 Å². The minimum absolute atomic E-state index is 0.240. The van der Waals surface area contributed by atoms with Gasteiger partial charge in [-0.25, -0.2) is 12.8 Å². The van der Waals surface area contributed by atoms with Crippen LogP contribution in [-0.4, -0.2) is 29.4 Å². The predicted octanol–water partition coefficient (Wildman–Crippen LogP) is 2.48. The van der Waals surface area contributed by atoms with Crippen LogP contribution in [0, 0.1) is 5.82 Å². The Bertz CT molecular complexity index is 901. The third kappa shape index (κ3) is 2.75. The van der Waals surface area contributed by atoms with Gasteiger partial charge in [0.1, 0.15) is 12.1 Å². The molecular weight excluding hydrogens is 305 g/mol. The van der Waals surface area contributed by atoms with Crippen LogP contribution in [0.15, 0.2) is 59.8 Å². The van der Waals surface area contributed by atoms with Crippen LogP contribution in [0.4, 0.5) is 4.39 Å². The summed E-state index contributed by atoms with van der Waals surface area (Å²) in [6.07, 6.45) is 2.68. The largest absolute Gasteiger partial charge is 0.282 e. The van der Waals surface area contributed by atoms with Crippen LogP contribution in [0.3, 0.4) is 0 Å². The molecule has 0 bridgehead atoms. The lowest BCUT2D eigenvalue weighted by Crippen LogP contribution is -1.98. The molecule has 0 amide bonds. The third-order valence-electron chi connectivity index (χ3n) is 3.19. The molecule has 0 saturated heterocycles. The molecular formula is C15H12FN3O2S. The van der Waals surface area contributed by atoms with Crippen LogP contribution in [-0.2, 0) is 9.84 Å². The van der Waals surface area contributed by atoms with Gasteiger partial charge in [-0.05, 0) is 48.5 Å². The van der Waals surface area contributed by atoms with E-state index in [1.807, 2.05) is 0 Å². The van der Waals surface area contributed by atoms with Crippen molar-refractivity contribution in [3.8, 4) is 17.1 Å². The highest BCUT2D eigenvalue weighted by Crippen LogP contribution is 2.22. The molecule has 0 spiro atoms. The van der Waals surface area contributed by atoms with Gasteiger partial charge in [-0.3, -0.25) is 4.57 Å². The van der Waals surface area contributed by atoms with Gasteiger partial charge in [-0.15, -0.1) is 10.2 Å². The third-order valence-corrected chi connectivity index (χ3v) is 4.32. The number of aromatic nitrogens is 3. The normalized spacial score (nSPS) is 11.5. The molecule has 1 aromatic heterocycles. The van der Waals surface area contributed by atoms with Crippen molar-refractivity contribution in [2.24, 2.45) is 0 Å². The molecule has 5 nitrogen and oxygen atoms in total. The van der Waals surface area contributed by atoms with Crippen molar-refractivity contribution in [3.05, 3.63) is 60.7 Å². The standard InChI is InChI=1S/C15H12FN3O2S/c1-22(20,21)14-8-2-11(3-9-14)15-18-17-10-19(15)13-6-4-12(16)5-7-13/h2-10H,1H3. The summed E-state index contributed by atoms with van der Waals surface area (Å²) < 4.78 is 37.7. The molecule has 0 radical (unpaired) electrons. The van der Waals surface area contributed by atoms with E-state index in [1.54, 1.807) is 28.8 Å². The molecule has 3 aromatic rings. The summed E-state index contributed by atoms with van der Waals surface area (Å²) in [7, 11) is -3.24. The minimum atomic E-state index is -3.24. The van der Waals surface area contributed by atoms with Crippen LogP contribution in [0.1, 0.15) is 0 Å². The predicted molar refractivity (Wildman–Crippen MR) is 79.9 cm³/mol. The van der Waals surface area contributed by atoms with Gasteiger partial charge in [-0.1, -0.05) is 0 Å². The highest BCUT2D eigenvalue weighted by Gasteiger charge is 2.11. The van der Waals surface area contributed by atoms with Crippen LogP contribution in [0.25, 0.3) is 17.1 Å². The molecule has 0 N–H and O–H groups in total. The van der Waals surface area contributed by atoms with Gasteiger partial charge in [-0.2, -0.15) is 0 Å². The number of benzene rings is 2. The summed E-state index contributed by atoms with van der Waals surface area (Å²) in [5, 5.41) is 7.92. The van der Waals surface area contributed by atoms with Crippen molar-refractivity contribution in [2.75, 3.05) is 6.26 Å². The second-order valence-corrected chi connectivity index (χ2v) is 6.81. The Morgan fingerprint density at radius 3 is 2.23 bits per heavy atom. The van der Waals surface area contributed by atoms with Crippen LogP contribution >= 0.6 is 0 Å². The fraction of sp³-hybridized carbons (Fsp3) is 0.0667. The zero-order valence-corrected chi connectivity index (χ0v) is 12.5. The van der Waals surface area contributed by atoms with Gasteiger partial charge >= 0.3 is 0 Å². The average Bonchev–Trinajstić information content (AvgIpc) is 2.97. The lowest BCUT2D eigenvalue weighted by atomic mass is 10.2. The van der Waals surface area contributed by atoms with Crippen LogP contribution < -0.4 is 0 Å². The molecule has 22 heavy (non-hydrogen) atoms. The Labute approximate surface area is 127 Å². The first-order valence-corrected chi connectivity index (χ1v) is 8.31. The van der Waals surface area contributed by atoms with Crippen molar-refractivity contribution in [2.45, 2.75) is 4.90 Å². The molecule has 0 aliphatic rings. The first-order valence-electron chi connectivity index (χ1n) is 6.41. The molecule has 2 aromatic carbocycles. The quantitative estimate of drug-likeness (QED) is 0.744. The van der Waals surface area contributed by atoms with Gasteiger partial charge in [0.05, 0.1) is 4.90 Å². The smallest absolute Gasteiger partial charge is 0.175 e. The Hall–Kier alpha value is -2.54. The fourth-order valence-corrected chi connectivity index (χ4v) is 2.70. The summed E-state index contributed by atoms with van der Waals surface area (Å²) in [5.74, 6) is 0.225. The second kappa shape index (κ2) is 5.34. The molecule has 0 saturated carbocycles. The van der Waals surface area contributed by atoms with Gasteiger partial charge in [0.15, 0.2) is 15.7 Å². The Morgan fingerprint density at radius 1 is 1.00 bits per heavy atom. The van der Waals surface area contributed by atoms with E-state index in [0.29, 0.717) is 17.1 Å². The van der Waals surface area contributed by atoms with E-state index in [1.165, 1.54) is 30.6 Å². The van der Waals surface area contributed by atoms with E-state index < -0.39 is 9.84 Å². The molecule has 7 heteroatoms. The van der Waals surface area contributed by atoms with Crippen LogP contribution in [0.2, 0.25) is 0 Å². The number of nitrogens with zero attached hydrogens (tertiary/aromatic N) is 3. The van der Waals surface area contributed by atoms with E-state index in [4.69, 9.17) is 0 Å². The van der Waals surface area contributed by atoms with Crippen molar-refractivity contribution in [3.63, 3.8) is 0 Å². The van der Waals surface area contributed by atoms with E-state index in [2.05, 4.69) is 10.2 Å². The summed E-state index contributed by atoms with van der Waals surface area (Å²) >= 11 is 0. The topological polar surface area (TPSA) is 64.8 Å². The molecule has 0 atom stereocenters. The van der Waals surface area contributed by atoms with Gasteiger partial charge in [0, 0.05) is 17.5 Å².